The predicted molar refractivity (Wildman–Crippen MR) is 143 cm³/mol. The molecule has 1 aromatic carbocycles. The summed E-state index contributed by atoms with van der Waals surface area (Å²) in [6, 6.07) is 8.06. The lowest BCUT2D eigenvalue weighted by atomic mass is 10.00. The minimum atomic E-state index is -0.912. The van der Waals surface area contributed by atoms with Gasteiger partial charge in [-0.2, -0.15) is 0 Å². The van der Waals surface area contributed by atoms with Crippen LogP contribution in [0, 0.1) is 11.6 Å². The number of benzene rings is 1. The average Bonchev–Trinajstić information content (AvgIpc) is 3.29. The lowest BCUT2D eigenvalue weighted by molar-refractivity contribution is 0.103. The number of methoxy groups -OCH3 is 1. The summed E-state index contributed by atoms with van der Waals surface area (Å²) in [6.07, 6.45) is 7.44. The van der Waals surface area contributed by atoms with E-state index in [2.05, 4.69) is 19.7 Å². The number of nitrogens with zero attached hydrogens (tertiary/aromatic N) is 2. The Bertz CT molecular complexity index is 1330. The summed E-state index contributed by atoms with van der Waals surface area (Å²) in [6.45, 7) is 2.67. The van der Waals surface area contributed by atoms with Gasteiger partial charge in [0.1, 0.15) is 11.5 Å². The number of aromatic nitrogens is 3. The van der Waals surface area contributed by atoms with E-state index in [-0.39, 0.29) is 22.2 Å². The van der Waals surface area contributed by atoms with Gasteiger partial charge in [0, 0.05) is 65.8 Å². The number of H-pyrrole nitrogens is 1. The molecule has 0 aliphatic carbocycles. The number of ketones is 1. The van der Waals surface area contributed by atoms with Crippen molar-refractivity contribution >= 4 is 34.5 Å². The van der Waals surface area contributed by atoms with E-state index in [1.54, 1.807) is 25.6 Å². The highest BCUT2D eigenvalue weighted by Crippen LogP contribution is 2.30. The molecule has 0 atom stereocenters. The Hall–Kier alpha value is -3.38. The smallest absolute Gasteiger partial charge is 0.201 e. The molecule has 0 spiro atoms. The van der Waals surface area contributed by atoms with Crippen LogP contribution in [0.1, 0.15) is 41.4 Å². The van der Waals surface area contributed by atoms with Crippen LogP contribution in [-0.2, 0) is 11.2 Å². The van der Waals surface area contributed by atoms with Gasteiger partial charge < -0.3 is 25.4 Å². The molecule has 0 radical (unpaired) electrons. The molecule has 37 heavy (non-hydrogen) atoms. The first-order valence-electron chi connectivity index (χ1n) is 11.3. The van der Waals surface area contributed by atoms with E-state index in [1.165, 1.54) is 24.2 Å². The number of pyridine rings is 2. The monoisotopic (exact) mass is 532 g/mol. The summed E-state index contributed by atoms with van der Waals surface area (Å²) >= 11 is 1.30. The Kier molecular flexibility index (Phi) is 11.1. The average molecular weight is 533 g/mol. The zero-order valence-electron chi connectivity index (χ0n) is 20.5. The zero-order valence-corrected chi connectivity index (χ0v) is 21.3. The van der Waals surface area contributed by atoms with Crippen molar-refractivity contribution < 1.29 is 29.3 Å². The van der Waals surface area contributed by atoms with Crippen molar-refractivity contribution in [3.8, 4) is 11.1 Å². The first kappa shape index (κ1) is 29.8. The molecule has 8 nitrogen and oxygen atoms in total. The lowest BCUT2D eigenvalue weighted by Crippen LogP contribution is -2.09. The van der Waals surface area contributed by atoms with Crippen molar-refractivity contribution in [2.24, 2.45) is 0 Å². The van der Waals surface area contributed by atoms with Gasteiger partial charge in [0.15, 0.2) is 5.82 Å². The Morgan fingerprint density at radius 3 is 2.59 bits per heavy atom. The van der Waals surface area contributed by atoms with Gasteiger partial charge in [0.25, 0.3) is 0 Å². The summed E-state index contributed by atoms with van der Waals surface area (Å²) < 4.78 is 37.7. The fourth-order valence-corrected chi connectivity index (χ4v) is 4.31. The van der Waals surface area contributed by atoms with Crippen molar-refractivity contribution in [1.29, 1.82) is 0 Å². The van der Waals surface area contributed by atoms with Crippen molar-refractivity contribution in [3.63, 3.8) is 0 Å². The topological polar surface area (TPSA) is 143 Å². The van der Waals surface area contributed by atoms with Gasteiger partial charge in [-0.1, -0.05) is 24.9 Å². The number of ether oxygens (including phenoxy) is 1. The molecule has 0 aliphatic heterocycles. The molecule has 11 heteroatoms. The maximum atomic E-state index is 15.1. The minimum absolute atomic E-state index is 0. The van der Waals surface area contributed by atoms with Gasteiger partial charge in [0.2, 0.25) is 5.78 Å². The molecule has 0 aliphatic rings. The van der Waals surface area contributed by atoms with Crippen LogP contribution >= 0.6 is 11.9 Å². The molecule has 6 N–H and O–H groups in total. The second-order valence-electron chi connectivity index (χ2n) is 8.02. The van der Waals surface area contributed by atoms with Crippen LogP contribution in [0.25, 0.3) is 22.2 Å². The molecule has 0 unspecified atom stereocenters. The number of nitrogens with one attached hydrogen (secondary N) is 2. The van der Waals surface area contributed by atoms with Crippen LogP contribution in [0.5, 0.6) is 0 Å². The molecule has 0 amide bonds. The van der Waals surface area contributed by atoms with Crippen LogP contribution in [0.15, 0.2) is 48.9 Å². The second-order valence-corrected chi connectivity index (χ2v) is 8.92. The highest BCUT2D eigenvalue weighted by molar-refractivity contribution is 8.00. The lowest BCUT2D eigenvalue weighted by Gasteiger charge is -2.10. The molecule has 0 saturated heterocycles. The number of carbonyl (C=O) groups is 1. The van der Waals surface area contributed by atoms with Crippen molar-refractivity contribution in [2.75, 3.05) is 24.2 Å². The molecule has 198 valence electrons. The molecule has 0 fully saturated rings. The van der Waals surface area contributed by atoms with E-state index < -0.39 is 23.0 Å². The van der Waals surface area contributed by atoms with E-state index in [9.17, 15) is 9.18 Å². The van der Waals surface area contributed by atoms with Gasteiger partial charge in [0.05, 0.1) is 11.3 Å². The maximum absolute atomic E-state index is 15.1. The fraction of sp³-hybridized carbons (Fsp3) is 0.269. The quantitative estimate of drug-likeness (QED) is 0.165. The predicted octanol–water partition coefficient (Wildman–Crippen LogP) is 4.53. The van der Waals surface area contributed by atoms with Crippen molar-refractivity contribution in [1.82, 2.24) is 15.0 Å². The van der Waals surface area contributed by atoms with E-state index in [0.29, 0.717) is 17.6 Å². The van der Waals surface area contributed by atoms with Crippen LogP contribution in [0.2, 0.25) is 0 Å². The minimum Gasteiger partial charge on any atom is -0.412 e. The number of fused-ring (bicyclic) bond motifs is 1. The summed E-state index contributed by atoms with van der Waals surface area (Å²) in [4.78, 5) is 25.1. The number of carbonyl (C=O) groups excluding carboxylic acids is 1. The highest BCUT2D eigenvalue weighted by Gasteiger charge is 2.24. The zero-order chi connectivity index (χ0) is 24.8. The molecule has 3 heterocycles. The molecule has 4 aromatic rings. The largest absolute Gasteiger partial charge is 0.412 e. The van der Waals surface area contributed by atoms with Crippen LogP contribution in [-0.4, -0.2) is 51.2 Å². The number of aromatic amines is 1. The number of hydrogen-bond donors (Lipinski definition) is 2. The van der Waals surface area contributed by atoms with E-state index in [4.69, 9.17) is 4.74 Å². The Morgan fingerprint density at radius 2 is 1.89 bits per heavy atom. The van der Waals surface area contributed by atoms with Crippen LogP contribution < -0.4 is 4.72 Å². The SMILES string of the molecule is CCCSNc1ccc(F)c(C(=O)c2c[nH]c3ncc(-c4ccc(CCCOC)nc4)cc23)c1F.O.O. The number of halogens is 2. The van der Waals surface area contributed by atoms with E-state index >= 15 is 4.39 Å². The Labute approximate surface area is 217 Å². The maximum Gasteiger partial charge on any atom is 0.201 e. The summed E-state index contributed by atoms with van der Waals surface area (Å²) in [5.41, 5.74) is 2.60. The normalized spacial score (nSPS) is 10.6. The van der Waals surface area contributed by atoms with Gasteiger partial charge >= 0.3 is 0 Å². The van der Waals surface area contributed by atoms with E-state index in [1.807, 2.05) is 19.1 Å². The van der Waals surface area contributed by atoms with Gasteiger partial charge in [-0.3, -0.25) is 9.78 Å². The summed E-state index contributed by atoms with van der Waals surface area (Å²) in [7, 11) is 1.67. The van der Waals surface area contributed by atoms with Crippen LogP contribution in [0.4, 0.5) is 14.5 Å². The molecular weight excluding hydrogens is 502 g/mol. The van der Waals surface area contributed by atoms with E-state index in [0.717, 1.165) is 47.9 Å². The molecular formula is C26H30F2N4O4S. The van der Waals surface area contributed by atoms with Crippen molar-refractivity contribution in [3.05, 3.63) is 77.4 Å². The first-order chi connectivity index (χ1) is 17.0. The Morgan fingerprint density at radius 1 is 1.11 bits per heavy atom. The fourth-order valence-electron chi connectivity index (χ4n) is 3.69. The third-order valence-electron chi connectivity index (χ3n) is 5.52. The molecule has 0 saturated carbocycles. The highest BCUT2D eigenvalue weighted by atomic mass is 32.2. The Balaban J connectivity index is 0.00000241. The third-order valence-corrected chi connectivity index (χ3v) is 6.50. The first-order valence-corrected chi connectivity index (χ1v) is 12.3. The number of hydrogen-bond acceptors (Lipinski definition) is 6. The summed E-state index contributed by atoms with van der Waals surface area (Å²) in [5.74, 6) is -1.82. The van der Waals surface area contributed by atoms with Gasteiger partial charge in [-0.05, 0) is 43.5 Å². The second kappa shape index (κ2) is 13.8. The van der Waals surface area contributed by atoms with Gasteiger partial charge in [-0.15, -0.1) is 0 Å². The number of aryl methyl sites for hydroxylation is 1. The van der Waals surface area contributed by atoms with Crippen molar-refractivity contribution in [2.45, 2.75) is 26.2 Å². The third kappa shape index (κ3) is 6.69. The van der Waals surface area contributed by atoms with Crippen LogP contribution in [0.3, 0.4) is 0 Å². The van der Waals surface area contributed by atoms with Gasteiger partial charge in [-0.25, -0.2) is 13.8 Å². The number of rotatable bonds is 11. The molecule has 4 rings (SSSR count). The summed E-state index contributed by atoms with van der Waals surface area (Å²) in [5, 5.41) is 0.481. The molecule has 0 bridgehead atoms. The standard InChI is InChI=1S/C26H26F2N4O2S.2H2O/c1-3-11-35-32-22-9-8-21(27)23(24(22)28)25(33)20-15-31-26-19(20)12-17(14-30-26)16-6-7-18(29-13-16)5-4-10-34-2;;/h6-9,12-15,32H,3-5,10-11H2,1-2H3,(H,30,31);2*1H2. The number of anilines is 1. The molecule has 3 aromatic heterocycles.